The highest BCUT2D eigenvalue weighted by atomic mass is 16.5. The number of benzene rings is 2. The van der Waals surface area contributed by atoms with Gasteiger partial charge in [-0.25, -0.2) is 4.99 Å². The highest BCUT2D eigenvalue weighted by Crippen LogP contribution is 2.27. The van der Waals surface area contributed by atoms with Crippen molar-refractivity contribution >= 4 is 5.96 Å². The van der Waals surface area contributed by atoms with E-state index in [1.54, 1.807) is 0 Å². The van der Waals surface area contributed by atoms with Crippen molar-refractivity contribution in [3.63, 3.8) is 0 Å². The molecule has 0 aliphatic heterocycles. The van der Waals surface area contributed by atoms with Gasteiger partial charge in [-0.1, -0.05) is 48.5 Å². The van der Waals surface area contributed by atoms with Gasteiger partial charge >= 0.3 is 0 Å². The van der Waals surface area contributed by atoms with Crippen LogP contribution in [0.25, 0.3) is 0 Å². The highest BCUT2D eigenvalue weighted by molar-refractivity contribution is 5.77. The van der Waals surface area contributed by atoms with Crippen molar-refractivity contribution in [2.45, 2.75) is 38.3 Å². The normalized spacial score (nSPS) is 14.9. The Bertz CT molecular complexity index is 666. The first-order valence-electron chi connectivity index (χ1n) is 8.63. The highest BCUT2D eigenvalue weighted by Gasteiger charge is 2.19. The largest absolute Gasteiger partial charge is 0.490 e. The van der Waals surface area contributed by atoms with Gasteiger partial charge < -0.3 is 15.8 Å². The van der Waals surface area contributed by atoms with Gasteiger partial charge in [-0.2, -0.15) is 0 Å². The smallest absolute Gasteiger partial charge is 0.188 e. The van der Waals surface area contributed by atoms with Gasteiger partial charge in [0.25, 0.3) is 0 Å². The molecule has 0 amide bonds. The molecule has 1 aliphatic rings. The van der Waals surface area contributed by atoms with Gasteiger partial charge in [0, 0.05) is 12.1 Å². The summed E-state index contributed by atoms with van der Waals surface area (Å²) in [6, 6.07) is 18.4. The molecule has 1 fully saturated rings. The summed E-state index contributed by atoms with van der Waals surface area (Å²) in [6.07, 6.45) is 4.87. The number of para-hydroxylation sites is 1. The first kappa shape index (κ1) is 16.4. The Hall–Kier alpha value is -2.49. The van der Waals surface area contributed by atoms with E-state index in [0.29, 0.717) is 18.6 Å². The molecule has 0 bridgehead atoms. The maximum atomic E-state index is 6.02. The molecule has 2 aromatic carbocycles. The number of nitrogens with two attached hydrogens (primary N) is 1. The standard InChI is InChI=1S/C20H25N3O/c21-20(22-14-13-16-7-2-1-3-8-16)23-15-17-9-4-5-12-19(17)24-18-10-6-11-18/h1-5,7-9,12,18H,6,10-11,13-15H2,(H3,21,22,23). The van der Waals surface area contributed by atoms with Crippen LogP contribution in [0.4, 0.5) is 0 Å². The van der Waals surface area contributed by atoms with Crippen molar-refractivity contribution in [1.29, 1.82) is 0 Å². The molecule has 4 heteroatoms. The molecule has 3 rings (SSSR count). The minimum Gasteiger partial charge on any atom is -0.490 e. The van der Waals surface area contributed by atoms with Crippen LogP contribution in [0.5, 0.6) is 5.75 Å². The monoisotopic (exact) mass is 323 g/mol. The van der Waals surface area contributed by atoms with Crippen molar-refractivity contribution in [1.82, 2.24) is 5.32 Å². The molecule has 0 spiro atoms. The van der Waals surface area contributed by atoms with Gasteiger partial charge in [-0.15, -0.1) is 0 Å². The lowest BCUT2D eigenvalue weighted by molar-refractivity contribution is 0.119. The van der Waals surface area contributed by atoms with E-state index in [4.69, 9.17) is 10.5 Å². The molecular formula is C20H25N3O. The quantitative estimate of drug-likeness (QED) is 0.607. The summed E-state index contributed by atoms with van der Waals surface area (Å²) in [7, 11) is 0. The van der Waals surface area contributed by atoms with E-state index in [1.165, 1.54) is 12.0 Å². The lowest BCUT2D eigenvalue weighted by Crippen LogP contribution is -2.33. The van der Waals surface area contributed by atoms with Gasteiger partial charge in [0.15, 0.2) is 5.96 Å². The number of guanidine groups is 1. The molecule has 0 saturated heterocycles. The summed E-state index contributed by atoms with van der Waals surface area (Å²) >= 11 is 0. The summed E-state index contributed by atoms with van der Waals surface area (Å²) in [5.74, 6) is 1.41. The van der Waals surface area contributed by atoms with Crippen molar-refractivity contribution in [2.75, 3.05) is 6.54 Å². The Morgan fingerprint density at radius 1 is 1.08 bits per heavy atom. The summed E-state index contributed by atoms with van der Waals surface area (Å²) in [4.78, 5) is 4.44. The average molecular weight is 323 g/mol. The Morgan fingerprint density at radius 3 is 2.58 bits per heavy atom. The van der Waals surface area contributed by atoms with Crippen molar-refractivity contribution < 1.29 is 4.74 Å². The van der Waals surface area contributed by atoms with E-state index in [1.807, 2.05) is 36.4 Å². The number of hydrogen-bond acceptors (Lipinski definition) is 2. The van der Waals surface area contributed by atoms with Crippen LogP contribution in [-0.4, -0.2) is 18.6 Å². The second-order valence-electron chi connectivity index (χ2n) is 6.14. The molecule has 3 N–H and O–H groups in total. The van der Waals surface area contributed by atoms with E-state index in [2.05, 4.69) is 28.5 Å². The van der Waals surface area contributed by atoms with Crippen LogP contribution in [-0.2, 0) is 13.0 Å². The van der Waals surface area contributed by atoms with Crippen LogP contribution in [0.3, 0.4) is 0 Å². The maximum absolute atomic E-state index is 6.02. The van der Waals surface area contributed by atoms with Crippen LogP contribution < -0.4 is 15.8 Å². The first-order chi connectivity index (χ1) is 11.8. The minimum absolute atomic E-state index is 0.372. The zero-order valence-corrected chi connectivity index (χ0v) is 13.9. The number of nitrogens with one attached hydrogen (secondary N) is 1. The fraction of sp³-hybridized carbons (Fsp3) is 0.350. The Kier molecular flexibility index (Phi) is 5.72. The molecule has 0 heterocycles. The molecule has 0 unspecified atom stereocenters. The topological polar surface area (TPSA) is 59.6 Å². The third kappa shape index (κ3) is 4.75. The van der Waals surface area contributed by atoms with E-state index in [0.717, 1.165) is 37.1 Å². The predicted octanol–water partition coefficient (Wildman–Crippen LogP) is 3.26. The second-order valence-corrected chi connectivity index (χ2v) is 6.14. The Labute approximate surface area is 143 Å². The summed E-state index contributed by atoms with van der Waals surface area (Å²) < 4.78 is 6.02. The summed E-state index contributed by atoms with van der Waals surface area (Å²) in [5, 5.41) is 3.17. The molecular weight excluding hydrogens is 298 g/mol. The molecule has 0 atom stereocenters. The van der Waals surface area contributed by atoms with Gasteiger partial charge in [0.2, 0.25) is 0 Å². The van der Waals surface area contributed by atoms with Gasteiger partial charge in [-0.3, -0.25) is 0 Å². The maximum Gasteiger partial charge on any atom is 0.188 e. The zero-order valence-electron chi connectivity index (χ0n) is 13.9. The van der Waals surface area contributed by atoms with Gasteiger partial charge in [-0.05, 0) is 37.3 Å². The van der Waals surface area contributed by atoms with E-state index >= 15 is 0 Å². The third-order valence-corrected chi connectivity index (χ3v) is 4.30. The molecule has 2 aromatic rings. The Balaban J connectivity index is 1.49. The third-order valence-electron chi connectivity index (χ3n) is 4.30. The summed E-state index contributed by atoms with van der Waals surface area (Å²) in [5.41, 5.74) is 8.34. The van der Waals surface area contributed by atoms with Gasteiger partial charge in [0.05, 0.1) is 12.6 Å². The number of ether oxygens (including phenoxy) is 1. The van der Waals surface area contributed by atoms with Gasteiger partial charge in [0.1, 0.15) is 5.75 Å². The second kappa shape index (κ2) is 8.39. The molecule has 24 heavy (non-hydrogen) atoms. The SMILES string of the molecule is NC(=NCc1ccccc1OC1CCC1)NCCc1ccccc1. The van der Waals surface area contributed by atoms with Crippen molar-refractivity contribution in [3.05, 3.63) is 65.7 Å². The van der Waals surface area contributed by atoms with Crippen LogP contribution in [0.1, 0.15) is 30.4 Å². The first-order valence-corrected chi connectivity index (χ1v) is 8.63. The molecule has 1 aliphatic carbocycles. The fourth-order valence-electron chi connectivity index (χ4n) is 2.62. The average Bonchev–Trinajstić information content (AvgIpc) is 2.58. The predicted molar refractivity (Wildman–Crippen MR) is 98.2 cm³/mol. The van der Waals surface area contributed by atoms with Crippen LogP contribution in [0.15, 0.2) is 59.6 Å². The van der Waals surface area contributed by atoms with Crippen LogP contribution in [0, 0.1) is 0 Å². The molecule has 0 aromatic heterocycles. The van der Waals surface area contributed by atoms with Crippen LogP contribution >= 0.6 is 0 Å². The van der Waals surface area contributed by atoms with Crippen molar-refractivity contribution in [3.8, 4) is 5.75 Å². The lowest BCUT2D eigenvalue weighted by Gasteiger charge is -2.27. The van der Waals surface area contributed by atoms with E-state index < -0.39 is 0 Å². The molecule has 126 valence electrons. The number of aliphatic imine (C=N–C) groups is 1. The molecule has 1 saturated carbocycles. The number of nitrogens with zero attached hydrogens (tertiary/aromatic N) is 1. The fourth-order valence-corrected chi connectivity index (χ4v) is 2.62. The number of rotatable bonds is 7. The van der Waals surface area contributed by atoms with E-state index in [-0.39, 0.29) is 0 Å². The minimum atomic E-state index is 0.372. The van der Waals surface area contributed by atoms with E-state index in [9.17, 15) is 0 Å². The lowest BCUT2D eigenvalue weighted by atomic mass is 9.96. The molecule has 4 nitrogen and oxygen atoms in total. The van der Waals surface area contributed by atoms with Crippen molar-refractivity contribution in [2.24, 2.45) is 10.7 Å². The Morgan fingerprint density at radius 2 is 1.83 bits per heavy atom. The van der Waals surface area contributed by atoms with Crippen LogP contribution in [0.2, 0.25) is 0 Å². The summed E-state index contributed by atoms with van der Waals surface area (Å²) in [6.45, 7) is 1.31. The molecule has 0 radical (unpaired) electrons. The zero-order chi connectivity index (χ0) is 16.6. The number of hydrogen-bond donors (Lipinski definition) is 2.